The SMILES string of the molecule is CC(=O)N1CCC(Nc2cc(C(=O)N3CC[C@H](N4CCc5ccccc5C4)[C@@H](O)C3)nc(-c3cccc(F)c3)n2)CC1. The number of halogens is 1. The van der Waals surface area contributed by atoms with Gasteiger partial charge < -0.3 is 20.2 Å². The summed E-state index contributed by atoms with van der Waals surface area (Å²) < 4.78 is 14.1. The van der Waals surface area contributed by atoms with Crippen LogP contribution in [0.4, 0.5) is 10.2 Å². The molecule has 3 aliphatic rings. The van der Waals surface area contributed by atoms with Gasteiger partial charge in [-0.2, -0.15) is 0 Å². The zero-order chi connectivity index (χ0) is 29.2. The molecule has 0 saturated carbocycles. The van der Waals surface area contributed by atoms with E-state index in [0.29, 0.717) is 37.4 Å². The lowest BCUT2D eigenvalue weighted by atomic mass is 9.94. The summed E-state index contributed by atoms with van der Waals surface area (Å²) in [5, 5.41) is 14.6. The molecule has 0 spiro atoms. The van der Waals surface area contributed by atoms with E-state index < -0.39 is 11.9 Å². The second-order valence-corrected chi connectivity index (χ2v) is 11.6. The Kier molecular flexibility index (Phi) is 8.17. The maximum absolute atomic E-state index is 14.1. The topological polar surface area (TPSA) is 102 Å². The van der Waals surface area contributed by atoms with E-state index in [9.17, 15) is 19.1 Å². The molecule has 3 aromatic rings. The van der Waals surface area contributed by atoms with Crippen LogP contribution in [-0.2, 0) is 17.8 Å². The van der Waals surface area contributed by atoms with E-state index in [-0.39, 0.29) is 42.0 Å². The van der Waals surface area contributed by atoms with Crippen LogP contribution in [0.2, 0.25) is 0 Å². The van der Waals surface area contributed by atoms with Crippen molar-refractivity contribution in [3.8, 4) is 11.4 Å². The second kappa shape index (κ2) is 12.1. The standard InChI is InChI=1S/C32H37FN6O3/c1-21(40)37-14-10-26(11-15-37)34-30-18-27(35-31(36-30)23-7-4-8-25(33)17-23)32(42)39-16-12-28(29(41)20-39)38-13-9-22-5-2-3-6-24(22)19-38/h2-8,17-18,26,28-29,41H,9-16,19-20H2,1H3,(H,34,35,36)/t28-,29-/m0/s1. The number of fused-ring (bicyclic) bond motifs is 1. The minimum absolute atomic E-state index is 0.0197. The van der Waals surface area contributed by atoms with E-state index >= 15 is 0 Å². The number of aromatic nitrogens is 2. The van der Waals surface area contributed by atoms with Gasteiger partial charge in [0.2, 0.25) is 5.91 Å². The molecule has 6 rings (SSSR count). The fourth-order valence-corrected chi connectivity index (χ4v) is 6.43. The summed E-state index contributed by atoms with van der Waals surface area (Å²) in [5.41, 5.74) is 3.34. The van der Waals surface area contributed by atoms with Crippen molar-refractivity contribution >= 4 is 17.6 Å². The maximum atomic E-state index is 14.1. The molecule has 9 nitrogen and oxygen atoms in total. The Bertz CT molecular complexity index is 1460. The van der Waals surface area contributed by atoms with Crippen LogP contribution in [0.1, 0.15) is 47.8 Å². The van der Waals surface area contributed by atoms with Gasteiger partial charge in [-0.25, -0.2) is 14.4 Å². The Morgan fingerprint density at radius 3 is 2.43 bits per heavy atom. The number of piperidine rings is 2. The zero-order valence-electron chi connectivity index (χ0n) is 23.9. The van der Waals surface area contributed by atoms with Gasteiger partial charge in [0.05, 0.1) is 6.10 Å². The minimum atomic E-state index is -0.679. The number of anilines is 1. The van der Waals surface area contributed by atoms with E-state index in [4.69, 9.17) is 0 Å². The molecule has 3 aliphatic heterocycles. The predicted molar refractivity (Wildman–Crippen MR) is 157 cm³/mol. The van der Waals surface area contributed by atoms with Crippen LogP contribution in [0.25, 0.3) is 11.4 Å². The molecular weight excluding hydrogens is 535 g/mol. The fourth-order valence-electron chi connectivity index (χ4n) is 6.43. The van der Waals surface area contributed by atoms with Crippen molar-refractivity contribution in [2.75, 3.05) is 38.0 Å². The molecule has 2 amide bonds. The van der Waals surface area contributed by atoms with Crippen LogP contribution in [0, 0.1) is 5.82 Å². The molecule has 0 radical (unpaired) electrons. The molecule has 0 bridgehead atoms. The number of likely N-dealkylation sites (tertiary alicyclic amines) is 2. The number of nitrogens with zero attached hydrogens (tertiary/aromatic N) is 5. The molecule has 42 heavy (non-hydrogen) atoms. The van der Waals surface area contributed by atoms with Crippen LogP contribution < -0.4 is 5.32 Å². The number of carbonyl (C=O) groups is 2. The average molecular weight is 573 g/mol. The Morgan fingerprint density at radius 2 is 1.69 bits per heavy atom. The number of aliphatic hydroxyl groups excluding tert-OH is 1. The molecule has 0 unspecified atom stereocenters. The van der Waals surface area contributed by atoms with Crippen LogP contribution in [-0.4, -0.2) is 92.5 Å². The normalized spacial score (nSPS) is 21.6. The molecule has 4 heterocycles. The van der Waals surface area contributed by atoms with Gasteiger partial charge >= 0.3 is 0 Å². The van der Waals surface area contributed by atoms with Crippen LogP contribution >= 0.6 is 0 Å². The molecule has 1 aromatic heterocycles. The van der Waals surface area contributed by atoms with Gasteiger partial charge in [-0.05, 0) is 48.9 Å². The number of hydrogen-bond donors (Lipinski definition) is 2. The first-order valence-electron chi connectivity index (χ1n) is 14.8. The lowest BCUT2D eigenvalue weighted by Gasteiger charge is -2.43. The van der Waals surface area contributed by atoms with Crippen LogP contribution in [0.5, 0.6) is 0 Å². The summed E-state index contributed by atoms with van der Waals surface area (Å²) in [6, 6.07) is 16.1. The summed E-state index contributed by atoms with van der Waals surface area (Å²) in [6.07, 6.45) is 2.44. The molecule has 2 atom stereocenters. The Hall–Kier alpha value is -3.89. The first kappa shape index (κ1) is 28.2. The Morgan fingerprint density at radius 1 is 0.929 bits per heavy atom. The summed E-state index contributed by atoms with van der Waals surface area (Å²) in [6.45, 7) is 5.28. The van der Waals surface area contributed by atoms with Crippen molar-refractivity contribution in [2.45, 2.75) is 57.3 Å². The molecule has 2 aromatic carbocycles. The maximum Gasteiger partial charge on any atom is 0.272 e. The summed E-state index contributed by atoms with van der Waals surface area (Å²) >= 11 is 0. The second-order valence-electron chi connectivity index (χ2n) is 11.6. The van der Waals surface area contributed by atoms with Gasteiger partial charge in [-0.3, -0.25) is 14.5 Å². The number of aliphatic hydroxyl groups is 1. The summed E-state index contributed by atoms with van der Waals surface area (Å²) in [5.74, 6) is 0.103. The van der Waals surface area contributed by atoms with Gasteiger partial charge in [0.1, 0.15) is 17.3 Å². The smallest absolute Gasteiger partial charge is 0.272 e. The highest BCUT2D eigenvalue weighted by Crippen LogP contribution is 2.27. The fraction of sp³-hybridized carbons (Fsp3) is 0.438. The third kappa shape index (κ3) is 6.15. The molecule has 10 heteroatoms. The monoisotopic (exact) mass is 572 g/mol. The van der Waals surface area contributed by atoms with Gasteiger partial charge in [-0.15, -0.1) is 0 Å². The molecule has 220 valence electrons. The highest BCUT2D eigenvalue weighted by atomic mass is 19.1. The lowest BCUT2D eigenvalue weighted by Crippen LogP contribution is -2.56. The number of rotatable bonds is 5. The first-order valence-corrected chi connectivity index (χ1v) is 14.8. The van der Waals surface area contributed by atoms with Crippen molar-refractivity contribution in [1.82, 2.24) is 24.7 Å². The molecule has 0 aliphatic carbocycles. The van der Waals surface area contributed by atoms with Gasteiger partial charge in [0.15, 0.2) is 5.82 Å². The quantitative estimate of drug-likeness (QED) is 0.484. The Labute approximate surface area is 245 Å². The number of benzene rings is 2. The largest absolute Gasteiger partial charge is 0.390 e. The third-order valence-corrected chi connectivity index (χ3v) is 8.78. The van der Waals surface area contributed by atoms with E-state index in [1.165, 1.54) is 23.3 Å². The van der Waals surface area contributed by atoms with Crippen molar-refractivity contribution in [3.63, 3.8) is 0 Å². The third-order valence-electron chi connectivity index (χ3n) is 8.78. The lowest BCUT2D eigenvalue weighted by molar-refractivity contribution is -0.129. The molecule has 2 N–H and O–H groups in total. The number of nitrogens with one attached hydrogen (secondary N) is 1. The first-order chi connectivity index (χ1) is 20.3. The van der Waals surface area contributed by atoms with E-state index in [1.54, 1.807) is 30.0 Å². The van der Waals surface area contributed by atoms with Crippen molar-refractivity contribution in [2.24, 2.45) is 0 Å². The van der Waals surface area contributed by atoms with Gasteiger partial charge in [0, 0.05) is 69.9 Å². The summed E-state index contributed by atoms with van der Waals surface area (Å²) in [7, 11) is 0. The van der Waals surface area contributed by atoms with E-state index in [2.05, 4.69) is 44.5 Å². The molecular formula is C32H37FN6O3. The van der Waals surface area contributed by atoms with Gasteiger partial charge in [0.25, 0.3) is 5.91 Å². The molecule has 2 saturated heterocycles. The average Bonchev–Trinajstić information content (AvgIpc) is 3.00. The van der Waals surface area contributed by atoms with Crippen molar-refractivity contribution in [1.29, 1.82) is 0 Å². The summed E-state index contributed by atoms with van der Waals surface area (Å²) in [4.78, 5) is 40.5. The van der Waals surface area contributed by atoms with Crippen molar-refractivity contribution in [3.05, 3.63) is 77.2 Å². The highest BCUT2D eigenvalue weighted by molar-refractivity contribution is 5.93. The number of amides is 2. The minimum Gasteiger partial charge on any atom is -0.390 e. The number of β-amino-alcohol motifs (C(OH)–C–C–N with tert-alkyl or cyclic N) is 1. The van der Waals surface area contributed by atoms with Crippen LogP contribution in [0.3, 0.4) is 0 Å². The zero-order valence-corrected chi connectivity index (χ0v) is 23.9. The number of hydrogen-bond acceptors (Lipinski definition) is 7. The predicted octanol–water partition coefficient (Wildman–Crippen LogP) is 3.34. The van der Waals surface area contributed by atoms with E-state index in [0.717, 1.165) is 32.4 Å². The van der Waals surface area contributed by atoms with E-state index in [1.807, 2.05) is 4.90 Å². The van der Waals surface area contributed by atoms with Gasteiger partial charge in [-0.1, -0.05) is 36.4 Å². The van der Waals surface area contributed by atoms with Crippen molar-refractivity contribution < 1.29 is 19.1 Å². The number of carbonyl (C=O) groups excluding carboxylic acids is 2. The van der Waals surface area contributed by atoms with Crippen LogP contribution in [0.15, 0.2) is 54.6 Å². The highest BCUT2D eigenvalue weighted by Gasteiger charge is 2.36. The molecule has 2 fully saturated rings. The Balaban J connectivity index is 1.18.